The Labute approximate surface area is 129 Å². The summed E-state index contributed by atoms with van der Waals surface area (Å²) in [6, 6.07) is 1.40. The number of anilines is 1. The van der Waals surface area contributed by atoms with Gasteiger partial charge in [-0.15, -0.1) is 0 Å². The summed E-state index contributed by atoms with van der Waals surface area (Å²) >= 11 is 0. The molecule has 0 spiro atoms. The first-order chi connectivity index (χ1) is 10.9. The topological polar surface area (TPSA) is 117 Å². The maximum atomic E-state index is 13.4. The van der Waals surface area contributed by atoms with Gasteiger partial charge in [0.25, 0.3) is 11.5 Å². The summed E-state index contributed by atoms with van der Waals surface area (Å²) in [7, 11) is 1.26. The average Bonchev–Trinajstić information content (AvgIpc) is 2.46. The fraction of sp³-hybridized carbons (Fsp3) is 0.286. The maximum Gasteiger partial charge on any atom is 0.325 e. The predicted molar refractivity (Wildman–Crippen MR) is 80.1 cm³/mol. The third kappa shape index (κ3) is 3.82. The molecule has 0 fully saturated rings. The van der Waals surface area contributed by atoms with Crippen LogP contribution in [-0.4, -0.2) is 28.0 Å². The van der Waals surface area contributed by atoms with Crippen molar-refractivity contribution in [3.8, 4) is 5.75 Å². The van der Waals surface area contributed by atoms with Crippen LogP contribution in [-0.2, 0) is 11.2 Å². The molecule has 0 bridgehead atoms. The molecule has 1 amide bonds. The van der Waals surface area contributed by atoms with Crippen LogP contribution in [0.1, 0.15) is 17.7 Å². The summed E-state index contributed by atoms with van der Waals surface area (Å²) in [6.45, 7) is 1.57. The molecule has 9 heteroatoms. The van der Waals surface area contributed by atoms with Gasteiger partial charge in [-0.1, -0.05) is 0 Å². The van der Waals surface area contributed by atoms with Gasteiger partial charge in [-0.05, 0) is 19.4 Å². The Balaban J connectivity index is 2.09. The third-order valence-electron chi connectivity index (χ3n) is 3.20. The molecule has 0 aliphatic heterocycles. The molecule has 2 heterocycles. The van der Waals surface area contributed by atoms with Gasteiger partial charge in [0.1, 0.15) is 0 Å². The van der Waals surface area contributed by atoms with Crippen LogP contribution in [0, 0.1) is 12.9 Å². The fourth-order valence-electron chi connectivity index (χ4n) is 2.09. The van der Waals surface area contributed by atoms with Gasteiger partial charge in [0, 0.05) is 23.9 Å². The van der Waals surface area contributed by atoms with Crippen molar-refractivity contribution in [1.29, 1.82) is 0 Å². The van der Waals surface area contributed by atoms with E-state index < -0.39 is 23.1 Å². The first kappa shape index (κ1) is 16.4. The van der Waals surface area contributed by atoms with E-state index in [-0.39, 0.29) is 24.3 Å². The molecule has 3 N–H and O–H groups in total. The minimum atomic E-state index is -0.835. The zero-order chi connectivity index (χ0) is 17.0. The Hall–Kier alpha value is -2.97. The second-order valence-corrected chi connectivity index (χ2v) is 4.74. The summed E-state index contributed by atoms with van der Waals surface area (Å²) in [6.07, 6.45) is 1.30. The number of pyridine rings is 1. The quantitative estimate of drug-likeness (QED) is 0.692. The van der Waals surface area contributed by atoms with Crippen LogP contribution in [0.5, 0.6) is 5.75 Å². The van der Waals surface area contributed by atoms with E-state index in [0.29, 0.717) is 11.3 Å². The number of hydrogen-bond acceptors (Lipinski definition) is 5. The van der Waals surface area contributed by atoms with E-state index in [2.05, 4.69) is 20.3 Å². The Kier molecular flexibility index (Phi) is 4.89. The van der Waals surface area contributed by atoms with Gasteiger partial charge in [-0.3, -0.25) is 14.6 Å². The van der Waals surface area contributed by atoms with Crippen molar-refractivity contribution in [1.82, 2.24) is 15.0 Å². The van der Waals surface area contributed by atoms with E-state index in [1.54, 1.807) is 6.92 Å². The predicted octanol–water partition coefficient (Wildman–Crippen LogP) is 0.486. The lowest BCUT2D eigenvalue weighted by Gasteiger charge is -2.10. The number of nitrogens with one attached hydrogen (secondary N) is 3. The highest BCUT2D eigenvalue weighted by Gasteiger charge is 2.14. The van der Waals surface area contributed by atoms with Gasteiger partial charge in [0.05, 0.1) is 12.8 Å². The van der Waals surface area contributed by atoms with E-state index in [1.165, 1.54) is 19.4 Å². The molecule has 0 atom stereocenters. The largest absolute Gasteiger partial charge is 0.490 e. The van der Waals surface area contributed by atoms with Gasteiger partial charge < -0.3 is 15.0 Å². The van der Waals surface area contributed by atoms with Crippen molar-refractivity contribution in [2.24, 2.45) is 0 Å². The summed E-state index contributed by atoms with van der Waals surface area (Å²) < 4.78 is 18.3. The fourth-order valence-corrected chi connectivity index (χ4v) is 2.09. The molecule has 0 aliphatic rings. The highest BCUT2D eigenvalue weighted by molar-refractivity contribution is 5.92. The Morgan fingerprint density at radius 3 is 2.78 bits per heavy atom. The molecule has 2 aromatic heterocycles. The van der Waals surface area contributed by atoms with Gasteiger partial charge >= 0.3 is 5.69 Å². The van der Waals surface area contributed by atoms with E-state index in [0.717, 1.165) is 0 Å². The Morgan fingerprint density at radius 2 is 2.13 bits per heavy atom. The number of aryl methyl sites for hydroxylation is 1. The normalized spacial score (nSPS) is 10.4. The van der Waals surface area contributed by atoms with E-state index in [4.69, 9.17) is 4.74 Å². The molecule has 122 valence electrons. The van der Waals surface area contributed by atoms with Crippen LogP contribution in [0.4, 0.5) is 10.1 Å². The van der Waals surface area contributed by atoms with Crippen molar-refractivity contribution < 1.29 is 13.9 Å². The van der Waals surface area contributed by atoms with Crippen LogP contribution in [0.25, 0.3) is 0 Å². The molecule has 8 nitrogen and oxygen atoms in total. The van der Waals surface area contributed by atoms with Gasteiger partial charge in [-0.2, -0.15) is 4.39 Å². The minimum Gasteiger partial charge on any atom is -0.490 e. The summed E-state index contributed by atoms with van der Waals surface area (Å²) in [5, 5.41) is 2.49. The van der Waals surface area contributed by atoms with Crippen LogP contribution in [0.3, 0.4) is 0 Å². The maximum absolute atomic E-state index is 13.4. The van der Waals surface area contributed by atoms with Gasteiger partial charge in [0.2, 0.25) is 5.91 Å². The molecule has 2 rings (SSSR count). The Morgan fingerprint density at radius 1 is 1.39 bits per heavy atom. The van der Waals surface area contributed by atoms with Crippen molar-refractivity contribution >= 4 is 11.6 Å². The molecule has 0 aromatic carbocycles. The molecule has 2 aromatic rings. The SMILES string of the molecule is COc1c(NC(=O)CCc2c(C)[nH]c(=O)[nH]c2=O)ccnc1F. The van der Waals surface area contributed by atoms with Crippen LogP contribution in [0.15, 0.2) is 21.9 Å². The molecule has 0 saturated carbocycles. The minimum absolute atomic E-state index is 0.0247. The number of carbonyl (C=O) groups is 1. The number of hydrogen-bond donors (Lipinski definition) is 3. The lowest BCUT2D eigenvalue weighted by atomic mass is 10.1. The molecule has 0 radical (unpaired) electrons. The second kappa shape index (κ2) is 6.86. The zero-order valence-corrected chi connectivity index (χ0v) is 12.5. The summed E-state index contributed by atoms with van der Waals surface area (Å²) in [5.74, 6) is -1.43. The number of aromatic nitrogens is 3. The first-order valence-corrected chi connectivity index (χ1v) is 6.72. The van der Waals surface area contributed by atoms with Crippen LogP contribution >= 0.6 is 0 Å². The Bertz CT molecular complexity index is 843. The molecular weight excluding hydrogens is 307 g/mol. The lowest BCUT2D eigenvalue weighted by Crippen LogP contribution is -2.27. The first-order valence-electron chi connectivity index (χ1n) is 6.72. The average molecular weight is 322 g/mol. The monoisotopic (exact) mass is 322 g/mol. The number of H-pyrrole nitrogens is 2. The second-order valence-electron chi connectivity index (χ2n) is 4.74. The molecule has 0 aliphatic carbocycles. The number of aromatic amines is 2. The van der Waals surface area contributed by atoms with E-state index in [9.17, 15) is 18.8 Å². The number of ether oxygens (including phenoxy) is 1. The third-order valence-corrected chi connectivity index (χ3v) is 3.20. The van der Waals surface area contributed by atoms with Gasteiger partial charge in [-0.25, -0.2) is 9.78 Å². The number of halogens is 1. The standard InChI is InChI=1S/C14H15FN4O4/c1-7-8(13(21)19-14(22)17-7)3-4-10(20)18-9-5-6-16-12(15)11(9)23-2/h5-6H,3-4H2,1-2H3,(H,16,18,20)(H2,17,19,21,22). The zero-order valence-electron chi connectivity index (χ0n) is 12.5. The van der Waals surface area contributed by atoms with Crippen LogP contribution in [0.2, 0.25) is 0 Å². The molecule has 0 unspecified atom stereocenters. The van der Waals surface area contributed by atoms with Crippen molar-refractivity contribution in [3.63, 3.8) is 0 Å². The molecule has 23 heavy (non-hydrogen) atoms. The lowest BCUT2D eigenvalue weighted by molar-refractivity contribution is -0.116. The highest BCUT2D eigenvalue weighted by atomic mass is 19.1. The number of nitrogens with zero attached hydrogens (tertiary/aromatic N) is 1. The smallest absolute Gasteiger partial charge is 0.325 e. The van der Waals surface area contributed by atoms with Gasteiger partial charge in [0.15, 0.2) is 5.75 Å². The van der Waals surface area contributed by atoms with Crippen LogP contribution < -0.4 is 21.3 Å². The summed E-state index contributed by atoms with van der Waals surface area (Å²) in [4.78, 5) is 42.7. The number of rotatable bonds is 5. The van der Waals surface area contributed by atoms with E-state index >= 15 is 0 Å². The van der Waals surface area contributed by atoms with E-state index in [1.807, 2.05) is 0 Å². The number of methoxy groups -OCH3 is 1. The highest BCUT2D eigenvalue weighted by Crippen LogP contribution is 2.25. The number of carbonyl (C=O) groups excluding carboxylic acids is 1. The van der Waals surface area contributed by atoms with Crippen molar-refractivity contribution in [2.75, 3.05) is 12.4 Å². The van der Waals surface area contributed by atoms with Crippen molar-refractivity contribution in [2.45, 2.75) is 19.8 Å². The van der Waals surface area contributed by atoms with Crippen molar-refractivity contribution in [3.05, 3.63) is 50.3 Å². The molecular formula is C14H15FN4O4. The summed E-state index contributed by atoms with van der Waals surface area (Å²) in [5.41, 5.74) is -0.270. The molecule has 0 saturated heterocycles. The number of amides is 1.